The van der Waals surface area contributed by atoms with E-state index >= 15 is 0 Å². The van der Waals surface area contributed by atoms with Crippen molar-refractivity contribution in [2.24, 2.45) is 0 Å². The summed E-state index contributed by atoms with van der Waals surface area (Å²) in [5, 5.41) is 8.69. The van der Waals surface area contributed by atoms with Crippen LogP contribution >= 0.6 is 0 Å². The third-order valence-electron chi connectivity index (χ3n) is 2.61. The van der Waals surface area contributed by atoms with Crippen molar-refractivity contribution < 1.29 is 5.11 Å². The highest BCUT2D eigenvalue weighted by Crippen LogP contribution is 2.36. The second kappa shape index (κ2) is 3.11. The molecular weight excluding hydrogens is 138 g/mol. The number of hydrogen-bond acceptors (Lipinski definition) is 2. The molecule has 0 saturated heterocycles. The second-order valence-corrected chi connectivity index (χ2v) is 3.78. The number of hydrogen-bond donors (Lipinski definition) is 1. The van der Waals surface area contributed by atoms with E-state index in [1.54, 1.807) is 0 Å². The zero-order valence-electron chi connectivity index (χ0n) is 7.00. The van der Waals surface area contributed by atoms with E-state index in [1.165, 1.54) is 25.7 Å². The van der Waals surface area contributed by atoms with Crippen molar-refractivity contribution in [3.8, 4) is 0 Å². The molecule has 0 heterocycles. The normalized spacial score (nSPS) is 24.5. The summed E-state index contributed by atoms with van der Waals surface area (Å²) < 4.78 is 0. The maximum Gasteiger partial charge on any atom is 0.0443 e. The third kappa shape index (κ3) is 1.94. The molecule has 0 aromatic carbocycles. The Morgan fingerprint density at radius 3 is 2.00 bits per heavy atom. The first-order valence-corrected chi connectivity index (χ1v) is 4.78. The van der Waals surface area contributed by atoms with Crippen LogP contribution < -0.4 is 0 Å². The topological polar surface area (TPSA) is 23.5 Å². The molecule has 0 bridgehead atoms. The third-order valence-corrected chi connectivity index (χ3v) is 2.61. The van der Waals surface area contributed by atoms with Gasteiger partial charge < -0.3 is 5.11 Å². The standard InChI is InChI=1S/C9H17NO/c11-7-1-6-10(8-2-3-8)9-4-5-9/h8-9,11H,1-7H2. The van der Waals surface area contributed by atoms with Crippen LogP contribution in [0.25, 0.3) is 0 Å². The van der Waals surface area contributed by atoms with Crippen LogP contribution in [-0.2, 0) is 0 Å². The van der Waals surface area contributed by atoms with Gasteiger partial charge in [-0.3, -0.25) is 4.90 Å². The van der Waals surface area contributed by atoms with Crippen molar-refractivity contribution in [1.82, 2.24) is 4.90 Å². The minimum absolute atomic E-state index is 0.357. The number of rotatable bonds is 5. The van der Waals surface area contributed by atoms with Crippen LogP contribution in [0.5, 0.6) is 0 Å². The molecule has 2 rings (SSSR count). The number of nitrogens with zero attached hydrogens (tertiary/aromatic N) is 1. The lowest BCUT2D eigenvalue weighted by Crippen LogP contribution is -2.29. The fourth-order valence-corrected chi connectivity index (χ4v) is 1.73. The largest absolute Gasteiger partial charge is 0.396 e. The van der Waals surface area contributed by atoms with Crippen molar-refractivity contribution >= 4 is 0 Å². The Kier molecular flexibility index (Phi) is 2.14. The molecule has 2 fully saturated rings. The first-order valence-electron chi connectivity index (χ1n) is 4.78. The van der Waals surface area contributed by atoms with Crippen LogP contribution in [0.4, 0.5) is 0 Å². The molecule has 2 aliphatic rings. The van der Waals surface area contributed by atoms with E-state index < -0.39 is 0 Å². The van der Waals surface area contributed by atoms with E-state index in [4.69, 9.17) is 5.11 Å². The predicted molar refractivity (Wildman–Crippen MR) is 44.5 cm³/mol. The Morgan fingerprint density at radius 1 is 1.09 bits per heavy atom. The molecule has 0 amide bonds. The van der Waals surface area contributed by atoms with E-state index in [0.717, 1.165) is 25.0 Å². The highest BCUT2D eigenvalue weighted by atomic mass is 16.3. The molecule has 1 N–H and O–H groups in total. The summed E-state index contributed by atoms with van der Waals surface area (Å²) in [7, 11) is 0. The minimum Gasteiger partial charge on any atom is -0.396 e. The molecule has 0 unspecified atom stereocenters. The van der Waals surface area contributed by atoms with Crippen molar-refractivity contribution in [3.63, 3.8) is 0 Å². The molecule has 0 aliphatic heterocycles. The molecule has 0 radical (unpaired) electrons. The van der Waals surface area contributed by atoms with Gasteiger partial charge in [-0.1, -0.05) is 0 Å². The SMILES string of the molecule is OCCCN(C1CC1)C1CC1. The van der Waals surface area contributed by atoms with Crippen LogP contribution in [0.1, 0.15) is 32.1 Å². The number of aliphatic hydroxyl groups is 1. The van der Waals surface area contributed by atoms with Crippen LogP contribution in [0.3, 0.4) is 0 Å². The highest BCUT2D eigenvalue weighted by molar-refractivity contribution is 4.94. The maximum absolute atomic E-state index is 8.69. The van der Waals surface area contributed by atoms with Crippen LogP contribution in [0, 0.1) is 0 Å². The Hall–Kier alpha value is -0.0800. The van der Waals surface area contributed by atoms with Gasteiger partial charge in [-0.2, -0.15) is 0 Å². The molecule has 2 nitrogen and oxygen atoms in total. The summed E-state index contributed by atoms with van der Waals surface area (Å²) in [4.78, 5) is 2.61. The van der Waals surface area contributed by atoms with E-state index in [2.05, 4.69) is 4.90 Å². The van der Waals surface area contributed by atoms with E-state index in [9.17, 15) is 0 Å². The lowest BCUT2D eigenvalue weighted by molar-refractivity contribution is 0.211. The quantitative estimate of drug-likeness (QED) is 0.640. The average molecular weight is 155 g/mol. The van der Waals surface area contributed by atoms with E-state index in [-0.39, 0.29) is 0 Å². The summed E-state index contributed by atoms with van der Waals surface area (Å²) in [6.07, 6.45) is 6.58. The Bertz CT molecular complexity index is 118. The molecule has 2 heteroatoms. The molecule has 2 saturated carbocycles. The minimum atomic E-state index is 0.357. The number of aliphatic hydroxyl groups excluding tert-OH is 1. The zero-order chi connectivity index (χ0) is 7.68. The van der Waals surface area contributed by atoms with Gasteiger partial charge in [0, 0.05) is 25.2 Å². The smallest absolute Gasteiger partial charge is 0.0443 e. The van der Waals surface area contributed by atoms with Crippen molar-refractivity contribution in [3.05, 3.63) is 0 Å². The van der Waals surface area contributed by atoms with Gasteiger partial charge in [-0.15, -0.1) is 0 Å². The zero-order valence-corrected chi connectivity index (χ0v) is 7.00. The van der Waals surface area contributed by atoms with Gasteiger partial charge in [0.15, 0.2) is 0 Å². The van der Waals surface area contributed by atoms with Gasteiger partial charge in [0.05, 0.1) is 0 Å². The van der Waals surface area contributed by atoms with E-state index in [1.807, 2.05) is 0 Å². The highest BCUT2D eigenvalue weighted by Gasteiger charge is 2.38. The summed E-state index contributed by atoms with van der Waals surface area (Å²) in [5.74, 6) is 0. The van der Waals surface area contributed by atoms with Crippen LogP contribution in [0.15, 0.2) is 0 Å². The molecule has 0 aromatic rings. The average Bonchev–Trinajstić information content (AvgIpc) is 2.85. The van der Waals surface area contributed by atoms with Crippen LogP contribution in [-0.4, -0.2) is 35.2 Å². The van der Waals surface area contributed by atoms with Gasteiger partial charge in [0.25, 0.3) is 0 Å². The van der Waals surface area contributed by atoms with Crippen molar-refractivity contribution in [2.75, 3.05) is 13.2 Å². The predicted octanol–water partition coefficient (Wildman–Crippen LogP) is 0.996. The van der Waals surface area contributed by atoms with Gasteiger partial charge >= 0.3 is 0 Å². The fourth-order valence-electron chi connectivity index (χ4n) is 1.73. The van der Waals surface area contributed by atoms with E-state index in [0.29, 0.717) is 6.61 Å². The van der Waals surface area contributed by atoms with Gasteiger partial charge in [-0.25, -0.2) is 0 Å². The molecule has 2 aliphatic carbocycles. The molecule has 0 aromatic heterocycles. The molecule has 64 valence electrons. The van der Waals surface area contributed by atoms with Crippen molar-refractivity contribution in [1.29, 1.82) is 0 Å². The Balaban J connectivity index is 1.73. The van der Waals surface area contributed by atoms with Gasteiger partial charge in [0.2, 0.25) is 0 Å². The van der Waals surface area contributed by atoms with Gasteiger partial charge in [0.1, 0.15) is 0 Å². The summed E-state index contributed by atoms with van der Waals surface area (Å²) in [5.41, 5.74) is 0. The van der Waals surface area contributed by atoms with Gasteiger partial charge in [-0.05, 0) is 32.1 Å². The van der Waals surface area contributed by atoms with Crippen molar-refractivity contribution in [2.45, 2.75) is 44.2 Å². The summed E-state index contributed by atoms with van der Waals surface area (Å²) >= 11 is 0. The Morgan fingerprint density at radius 2 is 1.64 bits per heavy atom. The first-order chi connectivity index (χ1) is 5.42. The maximum atomic E-state index is 8.69. The fraction of sp³-hybridized carbons (Fsp3) is 1.00. The Labute approximate surface area is 68.2 Å². The monoisotopic (exact) mass is 155 g/mol. The molecular formula is C9H17NO. The van der Waals surface area contributed by atoms with Crippen LogP contribution in [0.2, 0.25) is 0 Å². The molecule has 11 heavy (non-hydrogen) atoms. The summed E-state index contributed by atoms with van der Waals surface area (Å²) in [6.45, 7) is 1.49. The second-order valence-electron chi connectivity index (χ2n) is 3.78. The first kappa shape index (κ1) is 7.56. The molecule has 0 spiro atoms. The lowest BCUT2D eigenvalue weighted by atomic mass is 10.3. The summed E-state index contributed by atoms with van der Waals surface area (Å²) in [6, 6.07) is 1.79. The molecule has 0 atom stereocenters. The lowest BCUT2D eigenvalue weighted by Gasteiger charge is -2.20.